The monoisotopic (exact) mass is 459 g/mol. The van der Waals surface area contributed by atoms with Gasteiger partial charge in [-0.25, -0.2) is 19.0 Å². The molecule has 0 spiro atoms. The Labute approximate surface area is 180 Å². The second kappa shape index (κ2) is 10.1. The molecule has 1 aromatic rings. The van der Waals surface area contributed by atoms with Crippen molar-refractivity contribution in [3.8, 4) is 5.75 Å². The molecular formula is C18H23ClFN3O6Si. The molecule has 0 bridgehead atoms. The molecule has 2 rings (SSSR count). The molecule has 1 fully saturated rings. The van der Waals surface area contributed by atoms with E-state index in [4.69, 9.17) is 21.1 Å². The van der Waals surface area contributed by atoms with Crippen molar-refractivity contribution >= 4 is 39.1 Å². The van der Waals surface area contributed by atoms with Crippen molar-refractivity contribution in [2.45, 2.75) is 50.5 Å². The van der Waals surface area contributed by atoms with E-state index in [0.717, 1.165) is 11.0 Å². The molecule has 1 aliphatic heterocycles. The molecule has 0 aliphatic carbocycles. The third kappa shape index (κ3) is 7.13. The summed E-state index contributed by atoms with van der Waals surface area (Å²) in [5.74, 6) is -2.36. The molecule has 0 saturated carbocycles. The summed E-state index contributed by atoms with van der Waals surface area (Å²) in [6.45, 7) is 4.65. The number of ether oxygens (including phenoxy) is 2. The van der Waals surface area contributed by atoms with Gasteiger partial charge >= 0.3 is 12.1 Å². The van der Waals surface area contributed by atoms with Gasteiger partial charge in [0.2, 0.25) is 0 Å². The van der Waals surface area contributed by atoms with Gasteiger partial charge in [0.15, 0.2) is 17.6 Å². The van der Waals surface area contributed by atoms with E-state index in [2.05, 4.69) is 10.3 Å². The standard InChI is InChI=1S/C18H23ClFN3O6Si/c1-18(2,3)29-17(27)23-8-14(30-5-4-12(23)16(25)26)22-13(24)9-28-10-6-11(20)15(19)21-7-10/h6-7,12,14H,4-5,8-9H2,1-3H3,(H,22,24)(H,25,26)/t12-,14+/m1/s1. The molecule has 2 heterocycles. The number of amides is 2. The van der Waals surface area contributed by atoms with Crippen LogP contribution in [0.4, 0.5) is 9.18 Å². The molecule has 164 valence electrons. The van der Waals surface area contributed by atoms with E-state index in [1.807, 2.05) is 0 Å². The Kier molecular flexibility index (Phi) is 8.01. The van der Waals surface area contributed by atoms with E-state index in [9.17, 15) is 23.9 Å². The van der Waals surface area contributed by atoms with Crippen LogP contribution in [-0.4, -0.2) is 72.9 Å². The molecular weight excluding hydrogens is 437 g/mol. The Bertz CT molecular complexity index is 807. The number of carbonyl (C=O) groups excluding carboxylic acids is 2. The van der Waals surface area contributed by atoms with E-state index in [1.54, 1.807) is 20.8 Å². The maximum Gasteiger partial charge on any atom is 0.411 e. The Morgan fingerprint density at radius 2 is 2.13 bits per heavy atom. The van der Waals surface area contributed by atoms with Crippen LogP contribution in [0.15, 0.2) is 12.3 Å². The number of halogens is 2. The first-order chi connectivity index (χ1) is 14.0. The van der Waals surface area contributed by atoms with Crippen molar-refractivity contribution in [3.05, 3.63) is 23.2 Å². The van der Waals surface area contributed by atoms with Crippen molar-refractivity contribution in [1.29, 1.82) is 0 Å². The van der Waals surface area contributed by atoms with Crippen molar-refractivity contribution in [2.75, 3.05) is 13.2 Å². The summed E-state index contributed by atoms with van der Waals surface area (Å²) in [4.78, 5) is 41.1. The van der Waals surface area contributed by atoms with E-state index in [0.29, 0.717) is 6.04 Å². The van der Waals surface area contributed by atoms with Gasteiger partial charge in [-0.1, -0.05) is 17.6 Å². The molecule has 2 radical (unpaired) electrons. The number of pyridine rings is 1. The van der Waals surface area contributed by atoms with Crippen LogP contribution >= 0.6 is 11.6 Å². The van der Waals surface area contributed by atoms with Crippen molar-refractivity contribution in [2.24, 2.45) is 0 Å². The number of aromatic nitrogens is 1. The predicted octanol–water partition coefficient (Wildman–Crippen LogP) is 1.91. The molecule has 1 saturated heterocycles. The first-order valence-electron chi connectivity index (χ1n) is 9.15. The highest BCUT2D eigenvalue weighted by atomic mass is 35.5. The molecule has 1 aromatic heterocycles. The highest BCUT2D eigenvalue weighted by Crippen LogP contribution is 2.19. The van der Waals surface area contributed by atoms with Gasteiger partial charge in [-0.05, 0) is 27.2 Å². The van der Waals surface area contributed by atoms with Gasteiger partial charge in [0.1, 0.15) is 17.4 Å². The number of aliphatic carboxylic acids is 1. The molecule has 30 heavy (non-hydrogen) atoms. The number of carbonyl (C=O) groups is 3. The molecule has 1 aliphatic rings. The zero-order chi connectivity index (χ0) is 22.5. The van der Waals surface area contributed by atoms with Crippen LogP contribution in [0.5, 0.6) is 5.75 Å². The highest BCUT2D eigenvalue weighted by Gasteiger charge is 2.37. The Hall–Kier alpha value is -2.40. The van der Waals surface area contributed by atoms with E-state index in [-0.39, 0.29) is 33.4 Å². The average molecular weight is 460 g/mol. The van der Waals surface area contributed by atoms with Crippen LogP contribution < -0.4 is 10.1 Å². The normalized spacial score (nSPS) is 19.6. The fraction of sp³-hybridized carbons (Fsp3) is 0.556. The highest BCUT2D eigenvalue weighted by molar-refractivity contribution is 6.38. The van der Waals surface area contributed by atoms with Gasteiger partial charge < -0.3 is 19.9 Å². The maximum atomic E-state index is 13.4. The van der Waals surface area contributed by atoms with Gasteiger partial charge in [0.25, 0.3) is 5.91 Å². The second-order valence-corrected chi connectivity index (χ2v) is 9.55. The van der Waals surface area contributed by atoms with E-state index >= 15 is 0 Å². The minimum absolute atomic E-state index is 0.00675. The SMILES string of the molecule is CC(C)(C)OC(=O)N1C[C@@H](NC(=O)COc2cnc(Cl)c(F)c2)[Si]CC[C@@H]1C(=O)O. The summed E-state index contributed by atoms with van der Waals surface area (Å²) in [7, 11) is 0.201. The van der Waals surface area contributed by atoms with Crippen molar-refractivity contribution in [3.63, 3.8) is 0 Å². The van der Waals surface area contributed by atoms with Crippen LogP contribution in [0.3, 0.4) is 0 Å². The Morgan fingerprint density at radius 1 is 1.43 bits per heavy atom. The lowest BCUT2D eigenvalue weighted by atomic mass is 10.2. The minimum atomic E-state index is -1.13. The molecule has 2 amide bonds. The Balaban J connectivity index is 2.00. The molecule has 9 nitrogen and oxygen atoms in total. The zero-order valence-corrected chi connectivity index (χ0v) is 18.5. The summed E-state index contributed by atoms with van der Waals surface area (Å²) >= 11 is 5.50. The lowest BCUT2D eigenvalue weighted by molar-refractivity contribution is -0.143. The first-order valence-corrected chi connectivity index (χ1v) is 10.8. The van der Waals surface area contributed by atoms with Crippen LogP contribution in [0, 0.1) is 5.82 Å². The number of carboxylic acid groups (broad SMARTS) is 1. The first kappa shape index (κ1) is 23.9. The van der Waals surface area contributed by atoms with Gasteiger partial charge in [-0.3, -0.25) is 9.69 Å². The van der Waals surface area contributed by atoms with Crippen LogP contribution in [0.1, 0.15) is 27.2 Å². The van der Waals surface area contributed by atoms with Crippen molar-refractivity contribution < 1.29 is 33.4 Å². The van der Waals surface area contributed by atoms with E-state index in [1.165, 1.54) is 6.20 Å². The zero-order valence-electron chi connectivity index (χ0n) is 16.8. The molecule has 0 aromatic carbocycles. The topological polar surface area (TPSA) is 118 Å². The van der Waals surface area contributed by atoms with Gasteiger partial charge in [0.05, 0.1) is 15.7 Å². The van der Waals surface area contributed by atoms with Crippen molar-refractivity contribution in [1.82, 2.24) is 15.2 Å². The molecule has 12 heteroatoms. The largest absolute Gasteiger partial charge is 0.482 e. The van der Waals surface area contributed by atoms with Gasteiger partial charge in [-0.2, -0.15) is 0 Å². The molecule has 0 unspecified atom stereocenters. The summed E-state index contributed by atoms with van der Waals surface area (Å²) in [6, 6.07) is 0.500. The number of nitrogens with one attached hydrogen (secondary N) is 1. The third-order valence-corrected chi connectivity index (χ3v) is 5.63. The quantitative estimate of drug-likeness (QED) is 0.510. The number of rotatable bonds is 5. The Morgan fingerprint density at radius 3 is 2.73 bits per heavy atom. The summed E-state index contributed by atoms with van der Waals surface area (Å²) in [5.41, 5.74) is -1.25. The molecule has 2 atom stereocenters. The van der Waals surface area contributed by atoms with Crippen LogP contribution in [0.25, 0.3) is 0 Å². The third-order valence-electron chi connectivity index (χ3n) is 3.95. The van der Waals surface area contributed by atoms with Gasteiger partial charge in [-0.15, -0.1) is 0 Å². The second-order valence-electron chi connectivity index (χ2n) is 7.58. The lowest BCUT2D eigenvalue weighted by Gasteiger charge is -2.31. The lowest BCUT2D eigenvalue weighted by Crippen LogP contribution is -2.53. The average Bonchev–Trinajstić information content (AvgIpc) is 2.84. The number of hydrogen-bond donors (Lipinski definition) is 2. The summed E-state index contributed by atoms with van der Waals surface area (Å²) < 4.78 is 23.9. The van der Waals surface area contributed by atoms with Crippen LogP contribution in [0.2, 0.25) is 11.2 Å². The smallest absolute Gasteiger partial charge is 0.411 e. The fourth-order valence-electron chi connectivity index (χ4n) is 2.68. The predicted molar refractivity (Wildman–Crippen MR) is 106 cm³/mol. The minimum Gasteiger partial charge on any atom is -0.482 e. The van der Waals surface area contributed by atoms with E-state index < -0.39 is 47.7 Å². The van der Waals surface area contributed by atoms with Gasteiger partial charge in [0, 0.05) is 18.3 Å². The summed E-state index contributed by atoms with van der Waals surface area (Å²) in [6.07, 6.45) is 0.694. The summed E-state index contributed by atoms with van der Waals surface area (Å²) in [5, 5.41) is 11.9. The number of nitrogens with zero attached hydrogens (tertiary/aromatic N) is 2. The van der Waals surface area contributed by atoms with Crippen LogP contribution in [-0.2, 0) is 14.3 Å². The molecule has 2 N–H and O–H groups in total. The number of hydrogen-bond acceptors (Lipinski definition) is 6. The fourth-order valence-corrected chi connectivity index (χ4v) is 4.16. The maximum absolute atomic E-state index is 13.4. The number of carboxylic acids is 1.